The van der Waals surface area contributed by atoms with Crippen molar-refractivity contribution in [3.8, 4) is 11.1 Å². The van der Waals surface area contributed by atoms with Crippen molar-refractivity contribution in [3.63, 3.8) is 0 Å². The Hall–Kier alpha value is -3.14. The van der Waals surface area contributed by atoms with Crippen molar-refractivity contribution in [1.82, 2.24) is 0 Å². The molecule has 1 spiro atoms. The Morgan fingerprint density at radius 3 is 2.14 bits per heavy atom. The predicted molar refractivity (Wildman–Crippen MR) is 145 cm³/mol. The van der Waals surface area contributed by atoms with E-state index in [-0.39, 0.29) is 10.8 Å². The van der Waals surface area contributed by atoms with Gasteiger partial charge >= 0.3 is 0 Å². The molecule has 2 nitrogen and oxygen atoms in total. The van der Waals surface area contributed by atoms with E-state index in [1.54, 1.807) is 0 Å². The molecule has 35 heavy (non-hydrogen) atoms. The number of likely N-dealkylation sites (N-methyl/N-ethyl adjacent to an activating group) is 1. The van der Waals surface area contributed by atoms with E-state index in [4.69, 9.17) is 4.74 Å². The number of halogens is 1. The molecule has 2 aliphatic carbocycles. The first-order valence-electron chi connectivity index (χ1n) is 12.3. The highest BCUT2D eigenvalue weighted by molar-refractivity contribution is 9.10. The number of benzene rings is 4. The molecule has 0 N–H and O–H groups in total. The molecule has 1 saturated heterocycles. The molecule has 3 heteroatoms. The summed E-state index contributed by atoms with van der Waals surface area (Å²) in [6.07, 6.45) is 3.53. The Balaban J connectivity index is 1.60. The molecule has 1 fully saturated rings. The van der Waals surface area contributed by atoms with Crippen LogP contribution in [0.1, 0.15) is 28.7 Å². The topological polar surface area (TPSA) is 12.5 Å². The monoisotopic (exact) mass is 517 g/mol. The van der Waals surface area contributed by atoms with Crippen LogP contribution in [0.25, 0.3) is 16.7 Å². The van der Waals surface area contributed by atoms with Crippen molar-refractivity contribution < 1.29 is 4.74 Å². The first-order valence-corrected chi connectivity index (χ1v) is 13.1. The van der Waals surface area contributed by atoms with Gasteiger partial charge in [-0.1, -0.05) is 101 Å². The molecular weight excluding hydrogens is 494 g/mol. The van der Waals surface area contributed by atoms with Gasteiger partial charge in [0.05, 0.1) is 17.4 Å². The summed E-state index contributed by atoms with van der Waals surface area (Å²) in [7, 11) is 2.22. The lowest BCUT2D eigenvalue weighted by Crippen LogP contribution is -2.59. The SMILES string of the molecule is CN1c2ccc(Br)cc2[C@@]23CCO[C@@]12C(c1ccccc1)=CC31c2ccccc2-c2ccccc21. The largest absolute Gasteiger partial charge is 0.350 e. The number of hydrogen-bond acceptors (Lipinski definition) is 2. The van der Waals surface area contributed by atoms with Gasteiger partial charge in [0.25, 0.3) is 0 Å². The van der Waals surface area contributed by atoms with Crippen molar-refractivity contribution in [2.24, 2.45) is 0 Å². The minimum Gasteiger partial charge on any atom is -0.350 e. The molecule has 4 aromatic carbocycles. The molecule has 170 valence electrons. The fraction of sp³-hybridized carbons (Fsp3) is 0.188. The van der Waals surface area contributed by atoms with Crippen LogP contribution in [0.4, 0.5) is 5.69 Å². The molecule has 4 aliphatic rings. The zero-order valence-corrected chi connectivity index (χ0v) is 21.0. The summed E-state index contributed by atoms with van der Waals surface area (Å²) in [5, 5.41) is 0. The highest BCUT2D eigenvalue weighted by Crippen LogP contribution is 2.76. The number of fused-ring (bicyclic) bond motifs is 6. The Morgan fingerprint density at radius 2 is 1.43 bits per heavy atom. The van der Waals surface area contributed by atoms with Gasteiger partial charge in [-0.15, -0.1) is 0 Å². The molecule has 0 amide bonds. The zero-order valence-electron chi connectivity index (χ0n) is 19.5. The van der Waals surface area contributed by atoms with Gasteiger partial charge in [-0.25, -0.2) is 0 Å². The predicted octanol–water partition coefficient (Wildman–Crippen LogP) is 7.32. The first-order chi connectivity index (χ1) is 17.1. The maximum absolute atomic E-state index is 7.04. The molecule has 0 saturated carbocycles. The number of rotatable bonds is 1. The van der Waals surface area contributed by atoms with Gasteiger partial charge in [0, 0.05) is 22.8 Å². The lowest BCUT2D eigenvalue weighted by Gasteiger charge is -2.48. The first kappa shape index (κ1) is 20.1. The normalized spacial score (nSPS) is 26.2. The van der Waals surface area contributed by atoms with Crippen LogP contribution in [0.15, 0.2) is 108 Å². The van der Waals surface area contributed by atoms with Crippen molar-refractivity contribution in [2.45, 2.75) is 23.0 Å². The van der Waals surface area contributed by atoms with E-state index < -0.39 is 5.72 Å². The average Bonchev–Trinajstić information content (AvgIpc) is 3.56. The maximum atomic E-state index is 7.04. The van der Waals surface area contributed by atoms with Gasteiger partial charge in [-0.3, -0.25) is 0 Å². The number of anilines is 1. The highest BCUT2D eigenvalue weighted by Gasteiger charge is 2.79. The van der Waals surface area contributed by atoms with Crippen LogP contribution in [-0.4, -0.2) is 19.4 Å². The molecule has 0 bridgehead atoms. The summed E-state index contributed by atoms with van der Waals surface area (Å²) >= 11 is 3.82. The maximum Gasteiger partial charge on any atom is 0.178 e. The Labute approximate surface area is 214 Å². The van der Waals surface area contributed by atoms with Gasteiger partial charge in [-0.05, 0) is 58.0 Å². The van der Waals surface area contributed by atoms with E-state index in [0.29, 0.717) is 0 Å². The van der Waals surface area contributed by atoms with E-state index in [0.717, 1.165) is 17.5 Å². The Kier molecular flexibility index (Phi) is 3.75. The molecule has 0 aromatic heterocycles. The van der Waals surface area contributed by atoms with Crippen LogP contribution in [-0.2, 0) is 15.6 Å². The van der Waals surface area contributed by atoms with Crippen LogP contribution in [0.3, 0.4) is 0 Å². The summed E-state index contributed by atoms with van der Waals surface area (Å²) in [5.41, 5.74) is 9.41. The van der Waals surface area contributed by atoms with Gasteiger partial charge in [0.2, 0.25) is 0 Å². The third kappa shape index (κ3) is 2.02. The molecule has 2 aliphatic heterocycles. The fourth-order valence-corrected chi connectivity index (χ4v) is 8.40. The third-order valence-corrected chi connectivity index (χ3v) is 9.59. The summed E-state index contributed by atoms with van der Waals surface area (Å²) in [6, 6.07) is 35.7. The standard InChI is InChI=1S/C32H24BrNO/c1-34-29-16-15-22(33)19-27(29)31-17-18-35-32(31,34)28(21-9-3-2-4-10-21)20-30(31)25-13-7-5-11-23(25)24-12-6-8-14-26(24)30/h2-16,19-20H,17-18H2,1H3/t31-,32-/m1/s1. The minimum absolute atomic E-state index is 0.290. The second-order valence-corrected chi connectivity index (χ2v) is 11.1. The van der Waals surface area contributed by atoms with Crippen molar-refractivity contribution >= 4 is 27.2 Å². The van der Waals surface area contributed by atoms with Gasteiger partial charge < -0.3 is 9.64 Å². The second-order valence-electron chi connectivity index (χ2n) is 10.2. The zero-order chi connectivity index (χ0) is 23.4. The summed E-state index contributed by atoms with van der Waals surface area (Å²) in [5.74, 6) is 0. The Bertz CT molecular complexity index is 1530. The third-order valence-electron chi connectivity index (χ3n) is 9.10. The molecule has 4 aromatic rings. The molecule has 0 unspecified atom stereocenters. The van der Waals surface area contributed by atoms with E-state index in [1.807, 2.05) is 0 Å². The van der Waals surface area contributed by atoms with E-state index >= 15 is 0 Å². The number of allylic oxidation sites excluding steroid dienone is 1. The van der Waals surface area contributed by atoms with E-state index in [1.165, 1.54) is 44.6 Å². The van der Waals surface area contributed by atoms with Crippen LogP contribution < -0.4 is 4.90 Å². The van der Waals surface area contributed by atoms with E-state index in [2.05, 4.69) is 131 Å². The van der Waals surface area contributed by atoms with Crippen LogP contribution >= 0.6 is 15.9 Å². The van der Waals surface area contributed by atoms with Crippen molar-refractivity contribution in [1.29, 1.82) is 0 Å². The molecular formula is C32H24BrNO. The van der Waals surface area contributed by atoms with Crippen molar-refractivity contribution in [2.75, 3.05) is 18.6 Å². The fourth-order valence-electron chi connectivity index (χ4n) is 8.04. The van der Waals surface area contributed by atoms with Crippen LogP contribution in [0.2, 0.25) is 0 Å². The van der Waals surface area contributed by atoms with Gasteiger partial charge in [0.1, 0.15) is 0 Å². The van der Waals surface area contributed by atoms with Crippen LogP contribution in [0.5, 0.6) is 0 Å². The van der Waals surface area contributed by atoms with E-state index in [9.17, 15) is 0 Å². The molecule has 8 rings (SSSR count). The number of nitrogens with zero attached hydrogens (tertiary/aromatic N) is 1. The van der Waals surface area contributed by atoms with Gasteiger partial charge in [0.15, 0.2) is 5.72 Å². The lowest BCUT2D eigenvalue weighted by atomic mass is 9.55. The summed E-state index contributed by atoms with van der Waals surface area (Å²) < 4.78 is 8.16. The second kappa shape index (κ2) is 6.54. The summed E-state index contributed by atoms with van der Waals surface area (Å²) in [4.78, 5) is 2.43. The molecule has 2 atom stereocenters. The average molecular weight is 518 g/mol. The molecule has 0 radical (unpaired) electrons. The Morgan fingerprint density at radius 1 is 0.771 bits per heavy atom. The quantitative estimate of drug-likeness (QED) is 0.262. The van der Waals surface area contributed by atoms with Crippen molar-refractivity contribution in [3.05, 3.63) is 130 Å². The van der Waals surface area contributed by atoms with Crippen LogP contribution in [0, 0.1) is 0 Å². The number of ether oxygens (including phenoxy) is 1. The minimum atomic E-state index is -0.581. The lowest BCUT2D eigenvalue weighted by molar-refractivity contribution is 0.0232. The molecule has 2 heterocycles. The van der Waals surface area contributed by atoms with Gasteiger partial charge in [-0.2, -0.15) is 0 Å². The summed E-state index contributed by atoms with van der Waals surface area (Å²) in [6.45, 7) is 0.729. The highest BCUT2D eigenvalue weighted by atomic mass is 79.9. The smallest absolute Gasteiger partial charge is 0.178 e. The number of hydrogen-bond donors (Lipinski definition) is 0.